The molecule has 0 saturated heterocycles. The van der Waals surface area contributed by atoms with Crippen LogP contribution in [0, 0.1) is 5.92 Å². The Kier molecular flexibility index (Phi) is 6.64. The lowest BCUT2D eigenvalue weighted by Crippen LogP contribution is -2.29. The van der Waals surface area contributed by atoms with Crippen LogP contribution in [0.5, 0.6) is 5.75 Å². The quantitative estimate of drug-likeness (QED) is 0.725. The normalized spacial score (nSPS) is 11.6. The maximum absolute atomic E-state index is 12.1. The lowest BCUT2D eigenvalue weighted by molar-refractivity contribution is -0.139. The third-order valence-electron chi connectivity index (χ3n) is 3.21. The van der Waals surface area contributed by atoms with E-state index in [9.17, 15) is 13.2 Å². The average molecular weight is 315 g/mol. The topological polar surface area (TPSA) is 92.7 Å². The second-order valence-electron chi connectivity index (χ2n) is 4.69. The largest absolute Gasteiger partial charge is 0.482 e. The molecule has 1 aromatic rings. The number of aliphatic carboxylic acids is 1. The van der Waals surface area contributed by atoms with Crippen molar-refractivity contribution < 1.29 is 23.1 Å². The molecule has 0 bridgehead atoms. The van der Waals surface area contributed by atoms with Gasteiger partial charge in [0, 0.05) is 6.54 Å². The number of rotatable bonds is 9. The fourth-order valence-electron chi connectivity index (χ4n) is 1.75. The Morgan fingerprint density at radius 1 is 1.24 bits per heavy atom. The van der Waals surface area contributed by atoms with E-state index in [-0.39, 0.29) is 4.90 Å². The van der Waals surface area contributed by atoms with E-state index in [1.54, 1.807) is 0 Å². The Morgan fingerprint density at radius 2 is 1.81 bits per heavy atom. The lowest BCUT2D eigenvalue weighted by atomic mass is 10.0. The van der Waals surface area contributed by atoms with Crippen LogP contribution in [-0.4, -0.2) is 32.6 Å². The molecule has 0 heterocycles. The Bertz CT molecular complexity index is 549. The van der Waals surface area contributed by atoms with Crippen molar-refractivity contribution in [3.8, 4) is 5.75 Å². The summed E-state index contributed by atoms with van der Waals surface area (Å²) in [5.41, 5.74) is 0. The fourth-order valence-corrected chi connectivity index (χ4v) is 2.86. The van der Waals surface area contributed by atoms with Gasteiger partial charge in [0.2, 0.25) is 10.0 Å². The minimum Gasteiger partial charge on any atom is -0.482 e. The number of hydrogen-bond donors (Lipinski definition) is 2. The van der Waals surface area contributed by atoms with E-state index >= 15 is 0 Å². The van der Waals surface area contributed by atoms with Gasteiger partial charge in [-0.05, 0) is 30.2 Å². The molecule has 0 aliphatic rings. The lowest BCUT2D eigenvalue weighted by Gasteiger charge is -2.13. The summed E-state index contributed by atoms with van der Waals surface area (Å²) in [7, 11) is -3.55. The smallest absolute Gasteiger partial charge is 0.341 e. The van der Waals surface area contributed by atoms with Crippen molar-refractivity contribution >= 4 is 16.0 Å². The molecule has 0 aliphatic carbocycles. The molecular weight excluding hydrogens is 294 g/mol. The van der Waals surface area contributed by atoms with Crippen LogP contribution in [0.3, 0.4) is 0 Å². The molecule has 0 atom stereocenters. The Balaban J connectivity index is 2.68. The van der Waals surface area contributed by atoms with Crippen molar-refractivity contribution in [1.29, 1.82) is 0 Å². The highest BCUT2D eigenvalue weighted by Gasteiger charge is 2.15. The molecule has 0 aromatic heterocycles. The van der Waals surface area contributed by atoms with Crippen LogP contribution in [0.4, 0.5) is 0 Å². The molecule has 2 N–H and O–H groups in total. The maximum atomic E-state index is 12.1. The molecular formula is C14H21NO5S. The van der Waals surface area contributed by atoms with E-state index in [0.29, 0.717) is 18.2 Å². The molecule has 21 heavy (non-hydrogen) atoms. The van der Waals surface area contributed by atoms with E-state index in [1.807, 2.05) is 13.8 Å². The highest BCUT2D eigenvalue weighted by atomic mass is 32.2. The first-order chi connectivity index (χ1) is 9.89. The fraction of sp³-hybridized carbons (Fsp3) is 0.500. The third kappa shape index (κ3) is 5.73. The molecule has 0 fully saturated rings. The number of sulfonamides is 1. The van der Waals surface area contributed by atoms with Gasteiger partial charge in [-0.15, -0.1) is 0 Å². The summed E-state index contributed by atoms with van der Waals surface area (Å²) in [6.45, 7) is 4.00. The Labute approximate surface area is 125 Å². The summed E-state index contributed by atoms with van der Waals surface area (Å²) in [5, 5.41) is 8.50. The maximum Gasteiger partial charge on any atom is 0.341 e. The Morgan fingerprint density at radius 3 is 2.29 bits per heavy atom. The van der Waals surface area contributed by atoms with E-state index in [2.05, 4.69) is 4.72 Å². The van der Waals surface area contributed by atoms with Gasteiger partial charge >= 0.3 is 5.97 Å². The molecule has 0 unspecified atom stereocenters. The zero-order valence-electron chi connectivity index (χ0n) is 12.2. The monoisotopic (exact) mass is 315 g/mol. The van der Waals surface area contributed by atoms with Crippen LogP contribution in [0.1, 0.15) is 26.7 Å². The SMILES string of the molecule is CCC(CC)CNS(=O)(=O)c1ccc(OCC(=O)O)cc1. The van der Waals surface area contributed by atoms with Crippen LogP contribution in [0.15, 0.2) is 29.2 Å². The van der Waals surface area contributed by atoms with E-state index in [4.69, 9.17) is 9.84 Å². The first kappa shape index (κ1) is 17.5. The van der Waals surface area contributed by atoms with E-state index in [0.717, 1.165) is 12.8 Å². The van der Waals surface area contributed by atoms with Crippen molar-refractivity contribution in [1.82, 2.24) is 4.72 Å². The zero-order valence-corrected chi connectivity index (χ0v) is 13.0. The molecule has 7 heteroatoms. The van der Waals surface area contributed by atoms with Gasteiger partial charge in [-0.25, -0.2) is 17.9 Å². The van der Waals surface area contributed by atoms with Gasteiger partial charge in [0.1, 0.15) is 5.75 Å². The number of carboxylic acid groups (broad SMARTS) is 1. The summed E-state index contributed by atoms with van der Waals surface area (Å²) < 4.78 is 31.7. The van der Waals surface area contributed by atoms with Crippen molar-refractivity contribution in [2.75, 3.05) is 13.2 Å². The summed E-state index contributed by atoms with van der Waals surface area (Å²) in [6, 6.07) is 5.67. The van der Waals surface area contributed by atoms with Gasteiger partial charge in [0.25, 0.3) is 0 Å². The van der Waals surface area contributed by atoms with E-state index in [1.165, 1.54) is 24.3 Å². The first-order valence-corrected chi connectivity index (χ1v) is 8.31. The average Bonchev–Trinajstić information content (AvgIpc) is 2.46. The van der Waals surface area contributed by atoms with Crippen LogP contribution in [-0.2, 0) is 14.8 Å². The number of nitrogens with one attached hydrogen (secondary N) is 1. The third-order valence-corrected chi connectivity index (χ3v) is 4.65. The minimum absolute atomic E-state index is 0.135. The number of carboxylic acids is 1. The first-order valence-electron chi connectivity index (χ1n) is 6.83. The molecule has 0 aliphatic heterocycles. The second-order valence-corrected chi connectivity index (χ2v) is 6.46. The van der Waals surface area contributed by atoms with Gasteiger partial charge in [-0.2, -0.15) is 0 Å². The van der Waals surface area contributed by atoms with Gasteiger partial charge in [0.15, 0.2) is 6.61 Å². The number of carbonyl (C=O) groups is 1. The molecule has 0 saturated carbocycles. The van der Waals surface area contributed by atoms with Crippen molar-refractivity contribution in [3.63, 3.8) is 0 Å². The summed E-state index contributed by atoms with van der Waals surface area (Å²) in [5.74, 6) is -0.451. The highest BCUT2D eigenvalue weighted by Crippen LogP contribution is 2.16. The van der Waals surface area contributed by atoms with Gasteiger partial charge < -0.3 is 9.84 Å². The molecule has 6 nitrogen and oxygen atoms in total. The molecule has 118 valence electrons. The van der Waals surface area contributed by atoms with Gasteiger partial charge in [-0.1, -0.05) is 26.7 Å². The van der Waals surface area contributed by atoms with Crippen LogP contribution in [0.2, 0.25) is 0 Å². The summed E-state index contributed by atoms with van der Waals surface area (Å²) in [6.07, 6.45) is 1.84. The van der Waals surface area contributed by atoms with Crippen molar-refractivity contribution in [2.45, 2.75) is 31.6 Å². The van der Waals surface area contributed by atoms with Crippen molar-refractivity contribution in [2.24, 2.45) is 5.92 Å². The molecule has 0 amide bonds. The number of hydrogen-bond acceptors (Lipinski definition) is 4. The summed E-state index contributed by atoms with van der Waals surface area (Å²) >= 11 is 0. The molecule has 0 spiro atoms. The number of benzene rings is 1. The molecule has 1 aromatic carbocycles. The van der Waals surface area contributed by atoms with Gasteiger partial charge in [-0.3, -0.25) is 0 Å². The number of ether oxygens (including phenoxy) is 1. The second kappa shape index (κ2) is 7.99. The van der Waals surface area contributed by atoms with Gasteiger partial charge in [0.05, 0.1) is 4.90 Å². The van der Waals surface area contributed by atoms with E-state index < -0.39 is 22.6 Å². The standard InChI is InChI=1S/C14H21NO5S/c1-3-11(4-2)9-15-21(18,19)13-7-5-12(6-8-13)20-10-14(16)17/h5-8,11,15H,3-4,9-10H2,1-2H3,(H,16,17). The predicted octanol–water partition coefficient (Wildman–Crippen LogP) is 1.86. The predicted molar refractivity (Wildman–Crippen MR) is 78.8 cm³/mol. The van der Waals surface area contributed by atoms with Crippen molar-refractivity contribution in [3.05, 3.63) is 24.3 Å². The van der Waals surface area contributed by atoms with Crippen LogP contribution < -0.4 is 9.46 Å². The summed E-state index contributed by atoms with van der Waals surface area (Å²) in [4.78, 5) is 10.5. The molecule has 1 rings (SSSR count). The Hall–Kier alpha value is -1.60. The highest BCUT2D eigenvalue weighted by molar-refractivity contribution is 7.89. The molecule has 0 radical (unpaired) electrons. The van der Waals surface area contributed by atoms with Crippen LogP contribution >= 0.6 is 0 Å². The van der Waals surface area contributed by atoms with Crippen LogP contribution in [0.25, 0.3) is 0 Å². The zero-order chi connectivity index (χ0) is 15.9. The minimum atomic E-state index is -3.55.